The molecule has 0 saturated carbocycles. The average Bonchev–Trinajstić information content (AvgIpc) is 3.63. The fourth-order valence-electron chi connectivity index (χ4n) is 5.64. The van der Waals surface area contributed by atoms with Crippen LogP contribution in [0, 0.1) is 5.92 Å². The molecule has 1 heterocycles. The zero-order valence-corrected chi connectivity index (χ0v) is 28.9. The van der Waals surface area contributed by atoms with Gasteiger partial charge in [0, 0.05) is 31.3 Å². The third-order valence-corrected chi connectivity index (χ3v) is 8.27. The third-order valence-electron chi connectivity index (χ3n) is 8.27. The number of aliphatic hydroxyl groups is 1. The van der Waals surface area contributed by atoms with Crippen LogP contribution in [0.15, 0.2) is 85.3 Å². The standard InChI is InChI=1S/C38H48N6O6/c1-4-5-18-40-37(48)34(45)31(19-25(2)3)42-36(47)33(21-29-22-39-24-41-29)43-35(46)32(44-38(49)50-23-26-12-7-6-8-13-26)20-28-16-11-15-27-14-9-10-17-30(27)28/h6-17,22,24-25,31-34,45H,4-5,18-21,23H2,1-3H3,(H,39,41)(H,40,48)(H,42,47)(H,43,46)(H,44,49)/t31-,32-,33+,34-/m0/s1. The van der Waals surface area contributed by atoms with Crippen LogP contribution in [0.25, 0.3) is 10.8 Å². The van der Waals surface area contributed by atoms with Gasteiger partial charge in [-0.3, -0.25) is 14.4 Å². The normalized spacial score (nSPS) is 13.5. The van der Waals surface area contributed by atoms with Gasteiger partial charge in [-0.2, -0.15) is 0 Å². The lowest BCUT2D eigenvalue weighted by molar-refractivity contribution is -0.134. The minimum absolute atomic E-state index is 0.00568. The van der Waals surface area contributed by atoms with Crippen LogP contribution in [0.3, 0.4) is 0 Å². The molecule has 0 bridgehead atoms. The van der Waals surface area contributed by atoms with E-state index >= 15 is 0 Å². The zero-order valence-electron chi connectivity index (χ0n) is 28.9. The second kappa shape index (κ2) is 19.1. The van der Waals surface area contributed by atoms with Crippen molar-refractivity contribution in [1.82, 2.24) is 31.2 Å². The highest BCUT2D eigenvalue weighted by atomic mass is 16.5. The number of ether oxygens (including phenoxy) is 1. The zero-order chi connectivity index (χ0) is 35.9. The summed E-state index contributed by atoms with van der Waals surface area (Å²) in [6.07, 6.45) is 2.80. The predicted octanol–water partition coefficient (Wildman–Crippen LogP) is 3.94. The van der Waals surface area contributed by atoms with Crippen LogP contribution < -0.4 is 21.3 Å². The summed E-state index contributed by atoms with van der Waals surface area (Å²) in [4.78, 5) is 60.8. The van der Waals surface area contributed by atoms with Crippen molar-refractivity contribution >= 4 is 34.6 Å². The lowest BCUT2D eigenvalue weighted by Crippen LogP contribution is -2.58. The van der Waals surface area contributed by atoms with E-state index in [1.165, 1.54) is 6.33 Å². The van der Waals surface area contributed by atoms with E-state index in [0.29, 0.717) is 18.7 Å². The maximum absolute atomic E-state index is 14.1. The predicted molar refractivity (Wildman–Crippen MR) is 191 cm³/mol. The topological polar surface area (TPSA) is 175 Å². The van der Waals surface area contributed by atoms with Gasteiger partial charge >= 0.3 is 6.09 Å². The molecule has 0 saturated heterocycles. The van der Waals surface area contributed by atoms with Crippen molar-refractivity contribution in [2.75, 3.05) is 6.54 Å². The number of unbranched alkanes of at least 4 members (excludes halogenated alkanes) is 1. The summed E-state index contributed by atoms with van der Waals surface area (Å²) in [5, 5.41) is 23.9. The highest BCUT2D eigenvalue weighted by molar-refractivity contribution is 5.93. The second-order valence-corrected chi connectivity index (χ2v) is 12.8. The number of hydrogen-bond acceptors (Lipinski definition) is 7. The van der Waals surface area contributed by atoms with Crippen LogP contribution in [0.5, 0.6) is 0 Å². The van der Waals surface area contributed by atoms with E-state index in [1.807, 2.05) is 93.6 Å². The number of nitrogens with zero attached hydrogens (tertiary/aromatic N) is 1. The molecule has 12 nitrogen and oxygen atoms in total. The largest absolute Gasteiger partial charge is 0.445 e. The van der Waals surface area contributed by atoms with E-state index in [9.17, 15) is 24.3 Å². The van der Waals surface area contributed by atoms with Gasteiger partial charge in [-0.15, -0.1) is 0 Å². The van der Waals surface area contributed by atoms with E-state index < -0.39 is 48.0 Å². The molecule has 0 fully saturated rings. The van der Waals surface area contributed by atoms with E-state index in [2.05, 4.69) is 31.2 Å². The van der Waals surface area contributed by atoms with Crippen LogP contribution in [-0.4, -0.2) is 69.7 Å². The summed E-state index contributed by atoms with van der Waals surface area (Å²) in [5.41, 5.74) is 2.17. The van der Waals surface area contributed by atoms with Crippen LogP contribution >= 0.6 is 0 Å². The number of hydrogen-bond donors (Lipinski definition) is 6. The monoisotopic (exact) mass is 684 g/mol. The smallest absolute Gasteiger partial charge is 0.408 e. The molecule has 4 atom stereocenters. The van der Waals surface area contributed by atoms with Crippen molar-refractivity contribution in [2.24, 2.45) is 5.92 Å². The molecule has 0 aliphatic carbocycles. The Morgan fingerprint density at radius 1 is 0.840 bits per heavy atom. The molecule has 4 amide bonds. The molecule has 50 heavy (non-hydrogen) atoms. The first-order valence-corrected chi connectivity index (χ1v) is 17.1. The Labute approximate surface area is 292 Å². The maximum Gasteiger partial charge on any atom is 0.408 e. The molecule has 0 aliphatic heterocycles. The van der Waals surface area contributed by atoms with Crippen molar-refractivity contribution in [3.63, 3.8) is 0 Å². The number of amides is 4. The highest BCUT2D eigenvalue weighted by Gasteiger charge is 2.33. The molecule has 0 spiro atoms. The number of H-pyrrole nitrogens is 1. The summed E-state index contributed by atoms with van der Waals surface area (Å²) in [5.74, 6) is -1.76. The number of aromatic nitrogens is 2. The van der Waals surface area contributed by atoms with Gasteiger partial charge < -0.3 is 36.1 Å². The van der Waals surface area contributed by atoms with E-state index in [1.54, 1.807) is 6.20 Å². The van der Waals surface area contributed by atoms with Crippen molar-refractivity contribution in [3.05, 3.63) is 102 Å². The SMILES string of the molecule is CCCCNC(=O)[C@@H](O)[C@H](CC(C)C)NC(=O)[C@@H](Cc1cnc[nH]1)NC(=O)[C@H](Cc1cccc2ccccc12)NC(=O)OCc1ccccc1. The number of imidazole rings is 1. The van der Waals surface area contributed by atoms with Gasteiger partial charge in [0.1, 0.15) is 18.7 Å². The minimum atomic E-state index is -1.50. The fourth-order valence-corrected chi connectivity index (χ4v) is 5.64. The van der Waals surface area contributed by atoms with Crippen LogP contribution in [0.2, 0.25) is 0 Å². The van der Waals surface area contributed by atoms with Crippen LogP contribution in [0.1, 0.15) is 56.9 Å². The first kappa shape index (κ1) is 37.6. The Kier molecular flexibility index (Phi) is 14.3. The Hall–Kier alpha value is -5.23. The molecular formula is C38H48N6O6. The maximum atomic E-state index is 14.1. The van der Waals surface area contributed by atoms with Gasteiger partial charge in [-0.05, 0) is 40.7 Å². The number of alkyl carbamates (subject to hydrolysis) is 1. The summed E-state index contributed by atoms with van der Waals surface area (Å²) in [7, 11) is 0. The number of rotatable bonds is 18. The van der Waals surface area contributed by atoms with Gasteiger partial charge in [0.05, 0.1) is 12.4 Å². The van der Waals surface area contributed by atoms with E-state index in [0.717, 1.165) is 34.7 Å². The number of fused-ring (bicyclic) bond motifs is 1. The number of nitrogens with one attached hydrogen (secondary N) is 5. The Morgan fingerprint density at radius 3 is 2.26 bits per heavy atom. The lowest BCUT2D eigenvalue weighted by Gasteiger charge is -2.28. The minimum Gasteiger partial charge on any atom is -0.445 e. The first-order chi connectivity index (χ1) is 24.1. The number of benzene rings is 3. The molecule has 0 unspecified atom stereocenters. The van der Waals surface area contributed by atoms with Crippen molar-refractivity contribution < 1.29 is 29.0 Å². The summed E-state index contributed by atoms with van der Waals surface area (Å²) in [6.45, 7) is 6.25. The molecule has 6 N–H and O–H groups in total. The molecule has 0 radical (unpaired) electrons. The van der Waals surface area contributed by atoms with Crippen LogP contribution in [0.4, 0.5) is 4.79 Å². The molecule has 4 rings (SSSR count). The van der Waals surface area contributed by atoms with E-state index in [-0.39, 0.29) is 25.4 Å². The van der Waals surface area contributed by atoms with Gasteiger partial charge in [-0.25, -0.2) is 9.78 Å². The second-order valence-electron chi connectivity index (χ2n) is 12.8. The quantitative estimate of drug-likeness (QED) is 0.0861. The van der Waals surface area contributed by atoms with Gasteiger partial charge in [-0.1, -0.05) is 100.0 Å². The molecule has 3 aromatic carbocycles. The van der Waals surface area contributed by atoms with Crippen molar-refractivity contribution in [2.45, 2.75) is 83.7 Å². The Balaban J connectivity index is 1.57. The molecule has 12 heteroatoms. The number of aromatic amines is 1. The molecule has 4 aromatic rings. The van der Waals surface area contributed by atoms with Crippen molar-refractivity contribution in [3.8, 4) is 0 Å². The molecule has 1 aromatic heterocycles. The summed E-state index contributed by atoms with van der Waals surface area (Å²) in [6, 6.07) is 19.5. The summed E-state index contributed by atoms with van der Waals surface area (Å²) < 4.78 is 5.46. The third kappa shape index (κ3) is 11.4. The lowest BCUT2D eigenvalue weighted by atomic mass is 9.97. The Bertz CT molecular complexity index is 1670. The number of aliphatic hydroxyl groups excluding tert-OH is 1. The fraction of sp³-hybridized carbons (Fsp3) is 0.395. The molecule has 0 aliphatic rings. The molecular weight excluding hydrogens is 636 g/mol. The summed E-state index contributed by atoms with van der Waals surface area (Å²) >= 11 is 0. The van der Waals surface area contributed by atoms with Gasteiger partial charge in [0.15, 0.2) is 6.10 Å². The van der Waals surface area contributed by atoms with Crippen LogP contribution in [-0.2, 0) is 38.6 Å². The van der Waals surface area contributed by atoms with Gasteiger partial charge in [0.2, 0.25) is 11.8 Å². The van der Waals surface area contributed by atoms with Gasteiger partial charge in [0.25, 0.3) is 5.91 Å². The average molecular weight is 685 g/mol. The first-order valence-electron chi connectivity index (χ1n) is 17.1. The highest BCUT2D eigenvalue weighted by Crippen LogP contribution is 2.20. The molecule has 266 valence electrons. The Morgan fingerprint density at radius 2 is 1.54 bits per heavy atom. The number of carbonyl (C=O) groups excluding carboxylic acids is 4. The number of carbonyl (C=O) groups is 4. The van der Waals surface area contributed by atoms with E-state index in [4.69, 9.17) is 4.74 Å². The van der Waals surface area contributed by atoms with Crippen molar-refractivity contribution in [1.29, 1.82) is 0 Å².